The van der Waals surface area contributed by atoms with Gasteiger partial charge < -0.3 is 19.8 Å². The van der Waals surface area contributed by atoms with E-state index in [0.29, 0.717) is 12.6 Å². The van der Waals surface area contributed by atoms with Gasteiger partial charge in [-0.3, -0.25) is 4.90 Å². The number of β-amino-alcohol motifs (C(OH)–C–C–N with tert-alkyl or cyclic N) is 1. The molecular formula is C14H28N2O3. The van der Waals surface area contributed by atoms with Crippen molar-refractivity contribution in [2.24, 2.45) is 5.41 Å². The summed E-state index contributed by atoms with van der Waals surface area (Å²) in [6.45, 7) is 4.14. The number of hydrogen-bond donors (Lipinski definition) is 2. The number of likely N-dealkylation sites (tertiary alicyclic amines) is 1. The van der Waals surface area contributed by atoms with Crippen molar-refractivity contribution in [1.29, 1.82) is 0 Å². The number of likely N-dealkylation sites (N-methyl/N-ethyl adjacent to an activating group) is 1. The molecule has 2 N–H and O–H groups in total. The molecule has 0 spiro atoms. The molecule has 0 bridgehead atoms. The highest BCUT2D eigenvalue weighted by Crippen LogP contribution is 2.32. The molecule has 2 rings (SSSR count). The van der Waals surface area contributed by atoms with Crippen LogP contribution >= 0.6 is 0 Å². The predicted octanol–water partition coefficient (Wildman–Crippen LogP) is -0.228. The number of ether oxygens (including phenoxy) is 1. The average molecular weight is 272 g/mol. The van der Waals surface area contributed by atoms with E-state index in [-0.39, 0.29) is 18.1 Å². The van der Waals surface area contributed by atoms with E-state index in [9.17, 15) is 10.2 Å². The Kier molecular flexibility index (Phi) is 5.20. The van der Waals surface area contributed by atoms with Gasteiger partial charge in [-0.15, -0.1) is 0 Å². The molecule has 0 aromatic rings. The molecule has 2 aliphatic rings. The fourth-order valence-corrected chi connectivity index (χ4v) is 3.40. The second-order valence-electron chi connectivity index (χ2n) is 6.55. The summed E-state index contributed by atoms with van der Waals surface area (Å²) < 4.78 is 5.57. The fraction of sp³-hybridized carbons (Fsp3) is 1.00. The van der Waals surface area contributed by atoms with Crippen molar-refractivity contribution < 1.29 is 14.9 Å². The quantitative estimate of drug-likeness (QED) is 0.724. The molecule has 5 nitrogen and oxygen atoms in total. The fourth-order valence-electron chi connectivity index (χ4n) is 3.40. The summed E-state index contributed by atoms with van der Waals surface area (Å²) in [4.78, 5) is 4.51. The zero-order valence-electron chi connectivity index (χ0n) is 12.2. The minimum absolute atomic E-state index is 0.132. The zero-order valence-corrected chi connectivity index (χ0v) is 12.2. The highest BCUT2D eigenvalue weighted by atomic mass is 16.5. The van der Waals surface area contributed by atoms with Crippen molar-refractivity contribution in [3.05, 3.63) is 0 Å². The first-order valence-electron chi connectivity index (χ1n) is 7.30. The van der Waals surface area contributed by atoms with Gasteiger partial charge in [-0.25, -0.2) is 0 Å². The summed E-state index contributed by atoms with van der Waals surface area (Å²) >= 11 is 0. The SMILES string of the molecule is CN(C)CC1CC(O)CN1CC1(CO)CCCOC1. The Bertz CT molecular complexity index is 280. The van der Waals surface area contributed by atoms with E-state index in [0.717, 1.165) is 45.5 Å². The third-order valence-corrected chi connectivity index (χ3v) is 4.36. The van der Waals surface area contributed by atoms with E-state index in [1.807, 2.05) is 0 Å². The van der Waals surface area contributed by atoms with Gasteiger partial charge >= 0.3 is 0 Å². The van der Waals surface area contributed by atoms with Gasteiger partial charge in [0.25, 0.3) is 0 Å². The molecule has 2 saturated heterocycles. The summed E-state index contributed by atoms with van der Waals surface area (Å²) in [6, 6.07) is 0.385. The monoisotopic (exact) mass is 272 g/mol. The van der Waals surface area contributed by atoms with Crippen molar-refractivity contribution in [2.75, 3.05) is 53.6 Å². The smallest absolute Gasteiger partial charge is 0.0682 e. The van der Waals surface area contributed by atoms with Gasteiger partial charge in [-0.1, -0.05) is 0 Å². The molecule has 19 heavy (non-hydrogen) atoms. The lowest BCUT2D eigenvalue weighted by Crippen LogP contribution is -2.49. The maximum atomic E-state index is 9.92. The summed E-state index contributed by atoms with van der Waals surface area (Å²) in [6.07, 6.45) is 2.64. The first-order valence-corrected chi connectivity index (χ1v) is 7.30. The number of aliphatic hydroxyl groups excluding tert-OH is 2. The van der Waals surface area contributed by atoms with E-state index in [4.69, 9.17) is 4.74 Å². The Labute approximate surface area is 116 Å². The van der Waals surface area contributed by atoms with Crippen LogP contribution in [0, 0.1) is 5.41 Å². The molecule has 0 aliphatic carbocycles. The maximum Gasteiger partial charge on any atom is 0.0682 e. The van der Waals surface area contributed by atoms with E-state index in [1.54, 1.807) is 0 Å². The largest absolute Gasteiger partial charge is 0.396 e. The van der Waals surface area contributed by atoms with Crippen LogP contribution in [0.2, 0.25) is 0 Å². The van der Waals surface area contributed by atoms with Crippen molar-refractivity contribution in [2.45, 2.75) is 31.4 Å². The molecule has 0 aromatic carbocycles. The molecule has 0 aromatic heterocycles. The molecule has 2 heterocycles. The first kappa shape index (κ1) is 15.2. The van der Waals surface area contributed by atoms with Crippen molar-refractivity contribution in [1.82, 2.24) is 9.80 Å². The van der Waals surface area contributed by atoms with Gasteiger partial charge in [0.15, 0.2) is 0 Å². The van der Waals surface area contributed by atoms with Gasteiger partial charge in [-0.2, -0.15) is 0 Å². The minimum atomic E-state index is -0.231. The highest BCUT2D eigenvalue weighted by molar-refractivity contribution is 4.92. The van der Waals surface area contributed by atoms with E-state index in [2.05, 4.69) is 23.9 Å². The summed E-state index contributed by atoms with van der Waals surface area (Å²) in [7, 11) is 4.13. The average Bonchev–Trinajstić information content (AvgIpc) is 2.69. The highest BCUT2D eigenvalue weighted by Gasteiger charge is 2.39. The van der Waals surface area contributed by atoms with Crippen LogP contribution in [-0.4, -0.2) is 85.7 Å². The lowest BCUT2D eigenvalue weighted by molar-refractivity contribution is -0.0585. The van der Waals surface area contributed by atoms with Crippen LogP contribution in [0.5, 0.6) is 0 Å². The van der Waals surface area contributed by atoms with Crippen LogP contribution in [0.15, 0.2) is 0 Å². The van der Waals surface area contributed by atoms with Crippen LogP contribution in [0.1, 0.15) is 19.3 Å². The van der Waals surface area contributed by atoms with Gasteiger partial charge in [0.2, 0.25) is 0 Å². The number of rotatable bonds is 5. The molecule has 0 amide bonds. The molecule has 0 radical (unpaired) electrons. The van der Waals surface area contributed by atoms with Crippen LogP contribution in [0.3, 0.4) is 0 Å². The van der Waals surface area contributed by atoms with Crippen LogP contribution in [-0.2, 0) is 4.74 Å². The molecule has 3 unspecified atom stereocenters. The van der Waals surface area contributed by atoms with Gasteiger partial charge in [0.05, 0.1) is 19.3 Å². The molecule has 2 aliphatic heterocycles. The third kappa shape index (κ3) is 3.89. The van der Waals surface area contributed by atoms with Gasteiger partial charge in [0.1, 0.15) is 0 Å². The van der Waals surface area contributed by atoms with Crippen molar-refractivity contribution in [3.63, 3.8) is 0 Å². The Morgan fingerprint density at radius 1 is 1.42 bits per heavy atom. The second-order valence-corrected chi connectivity index (χ2v) is 6.55. The topological polar surface area (TPSA) is 56.2 Å². The normalized spacial score (nSPS) is 37.1. The van der Waals surface area contributed by atoms with Crippen LogP contribution in [0.25, 0.3) is 0 Å². The Morgan fingerprint density at radius 2 is 2.21 bits per heavy atom. The zero-order chi connectivity index (χ0) is 13.9. The van der Waals surface area contributed by atoms with Crippen molar-refractivity contribution in [3.8, 4) is 0 Å². The van der Waals surface area contributed by atoms with Gasteiger partial charge in [-0.05, 0) is 33.4 Å². The second kappa shape index (κ2) is 6.50. The number of hydrogen-bond acceptors (Lipinski definition) is 5. The standard InChI is InChI=1S/C14H28N2O3/c1-15(2)7-12-6-13(18)8-16(12)9-14(10-17)4-3-5-19-11-14/h12-13,17-18H,3-11H2,1-2H3. The lowest BCUT2D eigenvalue weighted by atomic mass is 9.82. The molecule has 2 fully saturated rings. The number of nitrogens with zero attached hydrogens (tertiary/aromatic N) is 2. The Balaban J connectivity index is 1.98. The Morgan fingerprint density at radius 3 is 2.79 bits per heavy atom. The molecule has 112 valence electrons. The van der Waals surface area contributed by atoms with Crippen LogP contribution in [0.4, 0.5) is 0 Å². The molecular weight excluding hydrogens is 244 g/mol. The van der Waals surface area contributed by atoms with E-state index >= 15 is 0 Å². The summed E-state index contributed by atoms with van der Waals surface area (Å²) in [5, 5.41) is 19.7. The lowest BCUT2D eigenvalue weighted by Gasteiger charge is -2.40. The molecule has 5 heteroatoms. The van der Waals surface area contributed by atoms with Gasteiger partial charge in [0, 0.05) is 37.7 Å². The minimum Gasteiger partial charge on any atom is -0.396 e. The molecule has 3 atom stereocenters. The summed E-state index contributed by atoms with van der Waals surface area (Å²) in [5.41, 5.74) is -0.132. The first-order chi connectivity index (χ1) is 9.04. The van der Waals surface area contributed by atoms with E-state index in [1.165, 1.54) is 0 Å². The van der Waals surface area contributed by atoms with E-state index < -0.39 is 0 Å². The third-order valence-electron chi connectivity index (χ3n) is 4.36. The summed E-state index contributed by atoms with van der Waals surface area (Å²) in [5.74, 6) is 0. The number of aliphatic hydroxyl groups is 2. The maximum absolute atomic E-state index is 9.92. The van der Waals surface area contributed by atoms with Crippen LogP contribution < -0.4 is 0 Å². The molecule has 0 saturated carbocycles. The predicted molar refractivity (Wildman–Crippen MR) is 74.1 cm³/mol. The Hall–Kier alpha value is -0.200. The van der Waals surface area contributed by atoms with Crippen molar-refractivity contribution >= 4 is 0 Å².